The number of hydrogen-bond acceptors (Lipinski definition) is 2. The number of hydrogen-bond donors (Lipinski definition) is 0. The molecule has 6 rings (SSSR count). The second-order valence-corrected chi connectivity index (χ2v) is 14.2. The van der Waals surface area contributed by atoms with Gasteiger partial charge in [0.1, 0.15) is 0 Å². The molecule has 2 unspecified atom stereocenters. The minimum atomic E-state index is -0.926. The Hall–Kier alpha value is -4.32. The van der Waals surface area contributed by atoms with Crippen LogP contribution in [0.15, 0.2) is 84.9 Å². The van der Waals surface area contributed by atoms with Gasteiger partial charge in [0.2, 0.25) is 11.6 Å². The molecule has 0 heterocycles. The first-order valence-electron chi connectivity index (χ1n) is 19.6. The molecule has 4 aromatic carbocycles. The molecule has 2 nitrogen and oxygen atoms in total. The van der Waals surface area contributed by atoms with Gasteiger partial charge in [-0.2, -0.15) is 8.78 Å². The third kappa shape index (κ3) is 10.2. The van der Waals surface area contributed by atoms with Crippen LogP contribution < -0.4 is 9.47 Å². The van der Waals surface area contributed by atoms with E-state index in [1.54, 1.807) is 19.1 Å². The van der Waals surface area contributed by atoms with E-state index in [4.69, 9.17) is 9.47 Å². The lowest BCUT2D eigenvalue weighted by atomic mass is 9.84. The first kappa shape index (κ1) is 39.9. The lowest BCUT2D eigenvalue weighted by Gasteiger charge is -2.21. The van der Waals surface area contributed by atoms with Crippen LogP contribution in [-0.2, 0) is 0 Å². The van der Waals surface area contributed by atoms with E-state index >= 15 is 0 Å². The zero-order valence-electron chi connectivity index (χ0n) is 31.8. The van der Waals surface area contributed by atoms with Gasteiger partial charge in [-0.05, 0) is 121 Å². The van der Waals surface area contributed by atoms with Crippen LogP contribution in [0, 0.1) is 35.1 Å². The third-order valence-corrected chi connectivity index (χ3v) is 10.4. The zero-order valence-corrected chi connectivity index (χ0v) is 31.8. The number of allylic oxidation sites excluding steroid dienone is 4. The van der Waals surface area contributed by atoms with E-state index in [2.05, 4.69) is 26.0 Å². The lowest BCUT2D eigenvalue weighted by molar-refractivity contribution is 0.295. The van der Waals surface area contributed by atoms with Gasteiger partial charge in [0.25, 0.3) is 0 Å². The van der Waals surface area contributed by atoms with Crippen molar-refractivity contribution in [2.24, 2.45) is 11.8 Å². The highest BCUT2D eigenvalue weighted by Crippen LogP contribution is 2.36. The lowest BCUT2D eigenvalue weighted by Crippen LogP contribution is -2.05. The van der Waals surface area contributed by atoms with E-state index in [1.165, 1.54) is 72.9 Å². The van der Waals surface area contributed by atoms with Crippen LogP contribution in [-0.4, -0.2) is 13.2 Å². The summed E-state index contributed by atoms with van der Waals surface area (Å²) >= 11 is 0. The van der Waals surface area contributed by atoms with Gasteiger partial charge in [0.05, 0.1) is 13.2 Å². The summed E-state index contributed by atoms with van der Waals surface area (Å²) in [5.74, 6) is -2.00. The minimum Gasteiger partial charge on any atom is -0.491 e. The SMILES string of the molecule is CCCC1CC=C(c2ccc(-c3ccc(OCC)c(F)c3F)cc2)CC1.CCCOc1ccc(-c2ccc(C3=CCC(CCC)CC3)cc2)c(F)c1F. The predicted octanol–water partition coefficient (Wildman–Crippen LogP) is 14.4. The molecule has 0 bridgehead atoms. The fourth-order valence-electron chi connectivity index (χ4n) is 7.47. The summed E-state index contributed by atoms with van der Waals surface area (Å²) in [6.07, 6.45) is 17.5. The molecule has 0 saturated carbocycles. The van der Waals surface area contributed by atoms with Gasteiger partial charge < -0.3 is 9.47 Å². The van der Waals surface area contributed by atoms with Gasteiger partial charge in [-0.25, -0.2) is 8.78 Å². The summed E-state index contributed by atoms with van der Waals surface area (Å²) in [7, 11) is 0. The maximum absolute atomic E-state index is 14.5. The molecule has 0 N–H and O–H groups in total. The van der Waals surface area contributed by atoms with Crippen LogP contribution in [0.3, 0.4) is 0 Å². The van der Waals surface area contributed by atoms with E-state index in [0.717, 1.165) is 43.9 Å². The Kier molecular flexibility index (Phi) is 14.8. The average Bonchev–Trinajstić information content (AvgIpc) is 3.19. The smallest absolute Gasteiger partial charge is 0.201 e. The summed E-state index contributed by atoms with van der Waals surface area (Å²) in [6.45, 7) is 8.82. The Balaban J connectivity index is 0.000000204. The molecule has 53 heavy (non-hydrogen) atoms. The van der Waals surface area contributed by atoms with E-state index in [1.807, 2.05) is 55.5 Å². The van der Waals surface area contributed by atoms with Crippen molar-refractivity contribution in [3.8, 4) is 33.8 Å². The molecular weight excluding hydrogens is 673 g/mol. The number of halogens is 4. The van der Waals surface area contributed by atoms with Crippen molar-refractivity contribution in [3.63, 3.8) is 0 Å². The molecule has 0 spiro atoms. The Labute approximate surface area is 314 Å². The molecule has 2 aliphatic carbocycles. The van der Waals surface area contributed by atoms with Gasteiger partial charge in [-0.1, -0.05) is 107 Å². The molecule has 0 amide bonds. The fourth-order valence-corrected chi connectivity index (χ4v) is 7.47. The maximum atomic E-state index is 14.5. The van der Waals surface area contributed by atoms with E-state index in [0.29, 0.717) is 24.3 Å². The molecule has 282 valence electrons. The summed E-state index contributed by atoms with van der Waals surface area (Å²) in [5, 5.41) is 0. The monoisotopic (exact) mass is 726 g/mol. The second-order valence-electron chi connectivity index (χ2n) is 14.2. The molecule has 6 heteroatoms. The normalized spacial score (nSPS) is 17.0. The van der Waals surface area contributed by atoms with Crippen molar-refractivity contribution in [2.45, 2.75) is 98.3 Å². The molecule has 0 aromatic heterocycles. The van der Waals surface area contributed by atoms with E-state index in [9.17, 15) is 17.6 Å². The quantitative estimate of drug-likeness (QED) is 0.128. The predicted molar refractivity (Wildman–Crippen MR) is 211 cm³/mol. The molecule has 2 atom stereocenters. The molecule has 4 aromatic rings. The molecular formula is C47H54F4O2. The fraction of sp³-hybridized carbons (Fsp3) is 0.404. The number of ether oxygens (including phenoxy) is 2. The van der Waals surface area contributed by atoms with Crippen molar-refractivity contribution >= 4 is 11.1 Å². The largest absolute Gasteiger partial charge is 0.491 e. The summed E-state index contributed by atoms with van der Waals surface area (Å²) in [4.78, 5) is 0. The van der Waals surface area contributed by atoms with Crippen molar-refractivity contribution in [2.75, 3.05) is 13.2 Å². The topological polar surface area (TPSA) is 18.5 Å². The minimum absolute atomic E-state index is 0.0243. The van der Waals surface area contributed by atoms with E-state index < -0.39 is 23.3 Å². The summed E-state index contributed by atoms with van der Waals surface area (Å²) < 4.78 is 67.6. The van der Waals surface area contributed by atoms with Crippen LogP contribution in [0.25, 0.3) is 33.4 Å². The average molecular weight is 727 g/mol. The molecule has 2 aliphatic rings. The zero-order chi connectivity index (χ0) is 37.7. The number of benzene rings is 4. The molecule has 0 fully saturated rings. The molecule has 0 saturated heterocycles. The third-order valence-electron chi connectivity index (χ3n) is 10.4. The van der Waals surface area contributed by atoms with Crippen molar-refractivity contribution in [1.29, 1.82) is 0 Å². The van der Waals surface area contributed by atoms with Gasteiger partial charge >= 0.3 is 0 Å². The van der Waals surface area contributed by atoms with Gasteiger partial charge in [0, 0.05) is 11.1 Å². The Bertz CT molecular complexity index is 1840. The van der Waals surface area contributed by atoms with Gasteiger partial charge in [0.15, 0.2) is 23.1 Å². The Morgan fingerprint density at radius 3 is 1.26 bits per heavy atom. The highest BCUT2D eigenvalue weighted by molar-refractivity contribution is 5.73. The highest BCUT2D eigenvalue weighted by atomic mass is 19.2. The van der Waals surface area contributed by atoms with Crippen molar-refractivity contribution in [1.82, 2.24) is 0 Å². The highest BCUT2D eigenvalue weighted by Gasteiger charge is 2.19. The van der Waals surface area contributed by atoms with Gasteiger partial charge in [-0.15, -0.1) is 0 Å². The second kappa shape index (κ2) is 19.7. The Morgan fingerprint density at radius 2 is 0.906 bits per heavy atom. The number of rotatable bonds is 13. The van der Waals surface area contributed by atoms with Crippen LogP contribution in [0.4, 0.5) is 17.6 Å². The van der Waals surface area contributed by atoms with E-state index in [-0.39, 0.29) is 22.6 Å². The molecule has 0 radical (unpaired) electrons. The van der Waals surface area contributed by atoms with Crippen LogP contribution in [0.2, 0.25) is 0 Å². The van der Waals surface area contributed by atoms with Crippen LogP contribution in [0.1, 0.15) is 109 Å². The van der Waals surface area contributed by atoms with Gasteiger partial charge in [-0.3, -0.25) is 0 Å². The standard InChI is InChI=1S/C24H28F2O.C23H26F2O/c1-3-5-17-6-8-18(9-7-17)19-10-12-20(13-11-19)21-14-15-22(27-16-4-2)24(26)23(21)25;1-3-5-16-6-8-17(9-7-16)18-10-12-19(13-11-18)20-14-15-21(26-4-2)23(25)22(20)24/h8,10-15,17H,3-7,9,16H2,1-2H3;8,10-16H,3-7,9H2,1-2H3. The summed E-state index contributed by atoms with van der Waals surface area (Å²) in [5.41, 5.74) is 6.96. The van der Waals surface area contributed by atoms with Crippen LogP contribution in [0.5, 0.6) is 11.5 Å². The van der Waals surface area contributed by atoms with Crippen molar-refractivity contribution < 1.29 is 27.0 Å². The van der Waals surface area contributed by atoms with Crippen molar-refractivity contribution in [3.05, 3.63) is 119 Å². The van der Waals surface area contributed by atoms with Crippen LogP contribution >= 0.6 is 0 Å². The maximum Gasteiger partial charge on any atom is 0.201 e. The molecule has 0 aliphatic heterocycles. The summed E-state index contributed by atoms with van der Waals surface area (Å²) in [6, 6.07) is 21.7. The first-order valence-corrected chi connectivity index (χ1v) is 19.6. The first-order chi connectivity index (χ1) is 25.8. The Morgan fingerprint density at radius 1 is 0.491 bits per heavy atom.